The second-order valence-electron chi connectivity index (χ2n) is 4.84. The molecule has 0 amide bonds. The Bertz CT molecular complexity index is 583. The zero-order chi connectivity index (χ0) is 15.2. The van der Waals surface area contributed by atoms with Crippen molar-refractivity contribution in [3.8, 4) is 5.75 Å². The molecular formula is C16H22BrN3O. The van der Waals surface area contributed by atoms with Gasteiger partial charge in [0.15, 0.2) is 0 Å². The summed E-state index contributed by atoms with van der Waals surface area (Å²) >= 11 is 3.56. The number of halogens is 1. The van der Waals surface area contributed by atoms with Crippen LogP contribution >= 0.6 is 15.9 Å². The van der Waals surface area contributed by atoms with Gasteiger partial charge in [-0.3, -0.25) is 0 Å². The number of aryl methyl sites for hydroxylation is 1. The summed E-state index contributed by atoms with van der Waals surface area (Å²) in [5, 5.41) is 3.54. The first kappa shape index (κ1) is 16.0. The summed E-state index contributed by atoms with van der Waals surface area (Å²) in [6.45, 7) is 6.12. The fraction of sp³-hybridized carbons (Fsp3) is 0.438. The van der Waals surface area contributed by atoms with Crippen molar-refractivity contribution >= 4 is 15.9 Å². The van der Waals surface area contributed by atoms with Crippen LogP contribution < -0.4 is 10.1 Å². The Morgan fingerprint density at radius 2 is 2.19 bits per heavy atom. The summed E-state index contributed by atoms with van der Waals surface area (Å²) in [6.07, 6.45) is 4.77. The third kappa shape index (κ3) is 3.86. The van der Waals surface area contributed by atoms with E-state index in [9.17, 15) is 0 Å². The highest BCUT2D eigenvalue weighted by Gasteiger charge is 2.15. The zero-order valence-corrected chi connectivity index (χ0v) is 14.4. The van der Waals surface area contributed by atoms with Crippen LogP contribution in [0.1, 0.15) is 31.3 Å². The number of rotatable bonds is 7. The van der Waals surface area contributed by atoms with Gasteiger partial charge in [-0.25, -0.2) is 4.98 Å². The first-order chi connectivity index (χ1) is 10.2. The van der Waals surface area contributed by atoms with Crippen LogP contribution in [0.2, 0.25) is 0 Å². The molecule has 0 aliphatic heterocycles. The number of nitrogens with zero attached hydrogens (tertiary/aromatic N) is 2. The zero-order valence-electron chi connectivity index (χ0n) is 12.8. The van der Waals surface area contributed by atoms with Crippen LogP contribution in [0.25, 0.3) is 0 Å². The number of methoxy groups -OCH3 is 1. The number of likely N-dealkylation sites (N-methyl/N-ethyl adjacent to an activating group) is 1. The van der Waals surface area contributed by atoms with Crippen molar-refractivity contribution in [3.05, 3.63) is 46.5 Å². The van der Waals surface area contributed by atoms with E-state index in [1.54, 1.807) is 7.11 Å². The first-order valence-electron chi connectivity index (χ1n) is 7.26. The highest BCUT2D eigenvalue weighted by Crippen LogP contribution is 2.29. The van der Waals surface area contributed by atoms with Crippen molar-refractivity contribution in [3.63, 3.8) is 0 Å². The number of ether oxygens (including phenoxy) is 1. The van der Waals surface area contributed by atoms with Crippen molar-refractivity contribution in [2.75, 3.05) is 13.7 Å². The number of imidazole rings is 1. The molecule has 1 unspecified atom stereocenters. The molecule has 4 nitrogen and oxygen atoms in total. The normalized spacial score (nSPS) is 12.4. The predicted octanol–water partition coefficient (Wildman–Crippen LogP) is 3.57. The highest BCUT2D eigenvalue weighted by atomic mass is 79.9. The van der Waals surface area contributed by atoms with Gasteiger partial charge in [0, 0.05) is 31.4 Å². The van der Waals surface area contributed by atoms with E-state index >= 15 is 0 Å². The number of hydrogen-bond donors (Lipinski definition) is 1. The summed E-state index contributed by atoms with van der Waals surface area (Å²) in [6, 6.07) is 6.46. The third-order valence-electron chi connectivity index (χ3n) is 3.56. The molecule has 0 fully saturated rings. The topological polar surface area (TPSA) is 39.1 Å². The van der Waals surface area contributed by atoms with Crippen molar-refractivity contribution in [2.45, 2.75) is 32.9 Å². The van der Waals surface area contributed by atoms with Crippen LogP contribution in [0, 0.1) is 0 Å². The van der Waals surface area contributed by atoms with Gasteiger partial charge in [0.2, 0.25) is 0 Å². The van der Waals surface area contributed by atoms with Crippen LogP contribution in [-0.2, 0) is 13.0 Å². The number of nitrogens with one attached hydrogen (secondary N) is 1. The maximum Gasteiger partial charge on any atom is 0.133 e. The van der Waals surface area contributed by atoms with Gasteiger partial charge in [-0.2, -0.15) is 0 Å². The Morgan fingerprint density at radius 1 is 1.38 bits per heavy atom. The smallest absolute Gasteiger partial charge is 0.133 e. The molecule has 0 aliphatic carbocycles. The minimum absolute atomic E-state index is 0.241. The Balaban J connectivity index is 2.24. The van der Waals surface area contributed by atoms with Gasteiger partial charge in [-0.1, -0.05) is 13.0 Å². The highest BCUT2D eigenvalue weighted by molar-refractivity contribution is 9.10. The van der Waals surface area contributed by atoms with Crippen LogP contribution in [-0.4, -0.2) is 23.2 Å². The summed E-state index contributed by atoms with van der Waals surface area (Å²) in [5.74, 6) is 1.96. The van der Waals surface area contributed by atoms with E-state index in [1.807, 2.05) is 18.5 Å². The van der Waals surface area contributed by atoms with Crippen molar-refractivity contribution in [1.29, 1.82) is 0 Å². The molecule has 0 radical (unpaired) electrons. The molecule has 1 atom stereocenters. The number of aromatic nitrogens is 2. The van der Waals surface area contributed by atoms with Gasteiger partial charge in [-0.05, 0) is 47.1 Å². The summed E-state index contributed by atoms with van der Waals surface area (Å²) in [4.78, 5) is 4.48. The van der Waals surface area contributed by atoms with Crippen molar-refractivity contribution < 1.29 is 4.74 Å². The lowest BCUT2D eigenvalue weighted by molar-refractivity contribution is 0.411. The van der Waals surface area contributed by atoms with Crippen LogP contribution in [0.3, 0.4) is 0 Å². The lowest BCUT2D eigenvalue weighted by Crippen LogP contribution is -2.24. The minimum atomic E-state index is 0.241. The van der Waals surface area contributed by atoms with Crippen LogP contribution in [0.15, 0.2) is 35.1 Å². The van der Waals surface area contributed by atoms with E-state index < -0.39 is 0 Å². The monoisotopic (exact) mass is 351 g/mol. The second-order valence-corrected chi connectivity index (χ2v) is 5.69. The Labute approximate surface area is 134 Å². The lowest BCUT2D eigenvalue weighted by Gasteiger charge is -2.19. The van der Waals surface area contributed by atoms with E-state index in [0.29, 0.717) is 0 Å². The van der Waals surface area contributed by atoms with E-state index in [2.05, 4.69) is 56.8 Å². The van der Waals surface area contributed by atoms with Gasteiger partial charge >= 0.3 is 0 Å². The molecule has 2 aromatic rings. The summed E-state index contributed by atoms with van der Waals surface area (Å²) in [7, 11) is 1.68. The Kier molecular flexibility index (Phi) is 5.82. The van der Waals surface area contributed by atoms with E-state index in [0.717, 1.165) is 35.6 Å². The molecule has 1 N–H and O–H groups in total. The molecule has 0 saturated heterocycles. The molecule has 1 heterocycles. The standard InChI is InChI=1S/C16H22BrN3O/c1-4-18-14(11-16-19-8-9-20(16)5-2)12-6-7-15(21-3)13(17)10-12/h6-10,14,18H,4-5,11H2,1-3H3. The first-order valence-corrected chi connectivity index (χ1v) is 8.05. The van der Waals surface area contributed by atoms with E-state index in [4.69, 9.17) is 4.74 Å². The van der Waals surface area contributed by atoms with Gasteiger partial charge in [-0.15, -0.1) is 0 Å². The average Bonchev–Trinajstić information content (AvgIpc) is 2.94. The van der Waals surface area contributed by atoms with Gasteiger partial charge < -0.3 is 14.6 Å². The Hall–Kier alpha value is -1.33. The molecule has 2 rings (SSSR count). The molecule has 5 heteroatoms. The maximum atomic E-state index is 5.30. The van der Waals surface area contributed by atoms with E-state index in [-0.39, 0.29) is 6.04 Å². The fourth-order valence-electron chi connectivity index (χ4n) is 2.45. The molecule has 0 spiro atoms. The molecule has 21 heavy (non-hydrogen) atoms. The molecule has 0 bridgehead atoms. The quantitative estimate of drug-likeness (QED) is 0.828. The van der Waals surface area contributed by atoms with Crippen LogP contribution in [0.5, 0.6) is 5.75 Å². The largest absolute Gasteiger partial charge is 0.496 e. The molecule has 0 saturated carbocycles. The van der Waals surface area contributed by atoms with Gasteiger partial charge in [0.25, 0.3) is 0 Å². The molecule has 114 valence electrons. The summed E-state index contributed by atoms with van der Waals surface area (Å²) < 4.78 is 8.46. The lowest BCUT2D eigenvalue weighted by atomic mass is 10.0. The molecular weight excluding hydrogens is 330 g/mol. The predicted molar refractivity (Wildman–Crippen MR) is 88.7 cm³/mol. The summed E-state index contributed by atoms with van der Waals surface area (Å²) in [5.41, 5.74) is 1.23. The fourth-order valence-corrected chi connectivity index (χ4v) is 3.01. The third-order valence-corrected chi connectivity index (χ3v) is 4.18. The second kappa shape index (κ2) is 7.61. The van der Waals surface area contributed by atoms with Crippen molar-refractivity contribution in [1.82, 2.24) is 14.9 Å². The Morgan fingerprint density at radius 3 is 2.81 bits per heavy atom. The van der Waals surface area contributed by atoms with Gasteiger partial charge in [0.05, 0.1) is 11.6 Å². The van der Waals surface area contributed by atoms with Crippen molar-refractivity contribution in [2.24, 2.45) is 0 Å². The maximum absolute atomic E-state index is 5.30. The molecule has 1 aromatic carbocycles. The molecule has 0 aliphatic rings. The minimum Gasteiger partial charge on any atom is -0.496 e. The molecule has 1 aromatic heterocycles. The van der Waals surface area contributed by atoms with Gasteiger partial charge in [0.1, 0.15) is 11.6 Å². The SMILES string of the molecule is CCNC(Cc1nccn1CC)c1ccc(OC)c(Br)c1. The number of hydrogen-bond acceptors (Lipinski definition) is 3. The number of benzene rings is 1. The average molecular weight is 352 g/mol. The van der Waals surface area contributed by atoms with E-state index in [1.165, 1.54) is 5.56 Å². The van der Waals surface area contributed by atoms with Crippen LogP contribution in [0.4, 0.5) is 0 Å².